The summed E-state index contributed by atoms with van der Waals surface area (Å²) in [6.45, 7) is 7.78. The summed E-state index contributed by atoms with van der Waals surface area (Å²) >= 11 is 0. The molecular weight excluding hydrogens is 406 g/mol. The van der Waals surface area contributed by atoms with Gasteiger partial charge in [-0.25, -0.2) is 9.97 Å². The second-order valence-electron chi connectivity index (χ2n) is 8.26. The third kappa shape index (κ3) is 4.80. The smallest absolute Gasteiger partial charge is 0.242 e. The van der Waals surface area contributed by atoms with Crippen molar-refractivity contribution in [2.24, 2.45) is 0 Å². The summed E-state index contributed by atoms with van der Waals surface area (Å²) < 4.78 is 11.8. The number of benzene rings is 1. The molecule has 8 nitrogen and oxygen atoms in total. The number of amides is 1. The molecule has 2 aromatic heterocycles. The van der Waals surface area contributed by atoms with Gasteiger partial charge in [-0.05, 0) is 32.0 Å². The van der Waals surface area contributed by atoms with E-state index < -0.39 is 0 Å². The van der Waals surface area contributed by atoms with Crippen LogP contribution in [0.3, 0.4) is 0 Å². The van der Waals surface area contributed by atoms with Crippen LogP contribution in [0.5, 0.6) is 5.88 Å². The molecule has 1 unspecified atom stereocenters. The van der Waals surface area contributed by atoms with Gasteiger partial charge < -0.3 is 19.3 Å². The number of hydrogen-bond acceptors (Lipinski definition) is 7. The van der Waals surface area contributed by atoms with Crippen molar-refractivity contribution in [2.45, 2.75) is 32.9 Å². The van der Waals surface area contributed by atoms with Crippen LogP contribution in [-0.2, 0) is 9.53 Å². The minimum Gasteiger partial charge on any atom is -0.473 e. The number of fused-ring (bicyclic) bond motifs is 1. The first-order chi connectivity index (χ1) is 15.4. The maximum absolute atomic E-state index is 11.7. The largest absolute Gasteiger partial charge is 0.473 e. The quantitative estimate of drug-likeness (QED) is 0.588. The van der Waals surface area contributed by atoms with E-state index in [1.165, 1.54) is 0 Å². The molecular formula is C24H29N5O3. The predicted molar refractivity (Wildman–Crippen MR) is 124 cm³/mol. The maximum Gasteiger partial charge on any atom is 0.242 e. The molecule has 1 aromatic carbocycles. The fourth-order valence-electron chi connectivity index (χ4n) is 3.64. The van der Waals surface area contributed by atoms with Crippen LogP contribution >= 0.6 is 0 Å². The van der Waals surface area contributed by atoms with E-state index in [1.807, 2.05) is 6.07 Å². The molecule has 0 aliphatic carbocycles. The van der Waals surface area contributed by atoms with Crippen LogP contribution < -0.4 is 9.64 Å². The van der Waals surface area contributed by atoms with Gasteiger partial charge in [-0.15, -0.1) is 0 Å². The Hall–Kier alpha value is -3.26. The third-order valence-corrected chi connectivity index (χ3v) is 5.76. The van der Waals surface area contributed by atoms with Crippen LogP contribution in [0.15, 0.2) is 42.7 Å². The van der Waals surface area contributed by atoms with Gasteiger partial charge in [0.1, 0.15) is 12.7 Å². The van der Waals surface area contributed by atoms with Crippen LogP contribution in [0, 0.1) is 0 Å². The minimum absolute atomic E-state index is 0.0429. The van der Waals surface area contributed by atoms with E-state index in [0.717, 1.165) is 16.9 Å². The molecule has 3 heterocycles. The second kappa shape index (κ2) is 9.48. The Morgan fingerprint density at radius 1 is 1.25 bits per heavy atom. The van der Waals surface area contributed by atoms with Crippen molar-refractivity contribution >= 4 is 22.6 Å². The minimum atomic E-state index is -0.212. The Labute approximate surface area is 188 Å². The van der Waals surface area contributed by atoms with Gasteiger partial charge in [-0.1, -0.05) is 12.1 Å². The van der Waals surface area contributed by atoms with Gasteiger partial charge in [-0.2, -0.15) is 0 Å². The molecule has 0 spiro atoms. The van der Waals surface area contributed by atoms with Gasteiger partial charge >= 0.3 is 0 Å². The van der Waals surface area contributed by atoms with Crippen molar-refractivity contribution in [3.05, 3.63) is 42.7 Å². The van der Waals surface area contributed by atoms with E-state index in [0.29, 0.717) is 42.7 Å². The van der Waals surface area contributed by atoms with E-state index in [2.05, 4.69) is 60.0 Å². The molecule has 8 heteroatoms. The molecule has 0 N–H and O–H groups in total. The first-order valence-electron chi connectivity index (χ1n) is 10.9. The number of ether oxygens (including phenoxy) is 2. The Balaban J connectivity index is 1.58. The number of pyridine rings is 1. The molecule has 32 heavy (non-hydrogen) atoms. The van der Waals surface area contributed by atoms with Crippen molar-refractivity contribution in [2.75, 3.05) is 38.3 Å². The highest BCUT2D eigenvalue weighted by molar-refractivity contribution is 5.83. The van der Waals surface area contributed by atoms with E-state index in [1.54, 1.807) is 24.2 Å². The molecule has 1 aliphatic heterocycles. The molecule has 1 atom stereocenters. The summed E-state index contributed by atoms with van der Waals surface area (Å²) in [5, 5.41) is 0. The Kier molecular flexibility index (Phi) is 6.50. The predicted octanol–water partition coefficient (Wildman–Crippen LogP) is 3.16. The topological polar surface area (TPSA) is 80.7 Å². The van der Waals surface area contributed by atoms with Gasteiger partial charge in [0.05, 0.1) is 24.4 Å². The first kappa shape index (κ1) is 22.0. The van der Waals surface area contributed by atoms with Gasteiger partial charge in [-0.3, -0.25) is 9.78 Å². The summed E-state index contributed by atoms with van der Waals surface area (Å²) in [6.07, 6.45) is 3.07. The zero-order valence-corrected chi connectivity index (χ0v) is 19.0. The van der Waals surface area contributed by atoms with Crippen LogP contribution in [0.2, 0.25) is 0 Å². The Bertz CT molecular complexity index is 1090. The normalized spacial score (nSPS) is 16.4. The average Bonchev–Trinajstić information content (AvgIpc) is 2.82. The van der Waals surface area contributed by atoms with Crippen LogP contribution in [0.1, 0.15) is 20.8 Å². The van der Waals surface area contributed by atoms with Gasteiger partial charge in [0, 0.05) is 50.2 Å². The zero-order valence-electron chi connectivity index (χ0n) is 19.0. The van der Waals surface area contributed by atoms with Gasteiger partial charge in [0.2, 0.25) is 11.8 Å². The molecule has 0 saturated carbocycles. The number of hydrogen-bond donors (Lipinski definition) is 0. The van der Waals surface area contributed by atoms with E-state index in [4.69, 9.17) is 14.5 Å². The number of anilines is 1. The standard InChI is InChI=1S/C24H29N5O3/c1-16(2)28(4)19-7-5-18(6-8-19)21-13-22-23(26-10-9-25-22)24(27-21)32-15-20-14-29(17(3)30)11-12-31-20/h5-10,13,16,20H,11-12,14-15H2,1-4H3. The second-order valence-corrected chi connectivity index (χ2v) is 8.26. The van der Waals surface area contributed by atoms with Crippen LogP contribution in [0.25, 0.3) is 22.3 Å². The van der Waals surface area contributed by atoms with Crippen molar-refractivity contribution in [1.29, 1.82) is 0 Å². The highest BCUT2D eigenvalue weighted by Crippen LogP contribution is 2.28. The van der Waals surface area contributed by atoms with E-state index in [9.17, 15) is 4.79 Å². The third-order valence-electron chi connectivity index (χ3n) is 5.76. The fraction of sp³-hybridized carbons (Fsp3) is 0.417. The van der Waals surface area contributed by atoms with Crippen LogP contribution in [0.4, 0.5) is 5.69 Å². The van der Waals surface area contributed by atoms with E-state index >= 15 is 0 Å². The summed E-state index contributed by atoms with van der Waals surface area (Å²) in [4.78, 5) is 29.3. The molecule has 0 bridgehead atoms. The monoisotopic (exact) mass is 435 g/mol. The molecule has 0 radical (unpaired) electrons. The SMILES string of the molecule is CC(=O)N1CCOC(COc2nc(-c3ccc(N(C)C(C)C)cc3)cc3nccnc23)C1. The lowest BCUT2D eigenvalue weighted by molar-refractivity contribution is -0.137. The lowest BCUT2D eigenvalue weighted by Gasteiger charge is -2.32. The van der Waals surface area contributed by atoms with Crippen molar-refractivity contribution in [3.8, 4) is 17.1 Å². The van der Waals surface area contributed by atoms with Crippen molar-refractivity contribution in [3.63, 3.8) is 0 Å². The summed E-state index contributed by atoms with van der Waals surface area (Å²) in [6, 6.07) is 10.6. The summed E-state index contributed by atoms with van der Waals surface area (Å²) in [5.74, 6) is 0.457. The number of carbonyl (C=O) groups excluding carboxylic acids is 1. The average molecular weight is 436 g/mol. The summed E-state index contributed by atoms with van der Waals surface area (Å²) in [7, 11) is 2.08. The summed E-state index contributed by atoms with van der Waals surface area (Å²) in [5.41, 5.74) is 4.20. The van der Waals surface area contributed by atoms with Gasteiger partial charge in [0.25, 0.3) is 0 Å². The molecule has 168 valence electrons. The Morgan fingerprint density at radius 2 is 2.00 bits per heavy atom. The lowest BCUT2D eigenvalue weighted by atomic mass is 10.1. The number of rotatable bonds is 6. The highest BCUT2D eigenvalue weighted by atomic mass is 16.5. The molecule has 1 fully saturated rings. The number of aromatic nitrogens is 3. The van der Waals surface area contributed by atoms with E-state index in [-0.39, 0.29) is 18.6 Å². The fourth-order valence-corrected chi connectivity index (χ4v) is 3.64. The Morgan fingerprint density at radius 3 is 2.72 bits per heavy atom. The molecule has 1 saturated heterocycles. The van der Waals surface area contributed by atoms with Gasteiger partial charge in [0.15, 0.2) is 5.52 Å². The maximum atomic E-state index is 11.7. The number of nitrogens with zero attached hydrogens (tertiary/aromatic N) is 5. The van der Waals surface area contributed by atoms with Crippen molar-refractivity contribution in [1.82, 2.24) is 19.9 Å². The zero-order chi connectivity index (χ0) is 22.7. The molecule has 1 amide bonds. The lowest BCUT2D eigenvalue weighted by Crippen LogP contribution is -2.46. The number of morpholine rings is 1. The molecule has 3 aromatic rings. The number of carbonyl (C=O) groups is 1. The van der Waals surface area contributed by atoms with Crippen molar-refractivity contribution < 1.29 is 14.3 Å². The molecule has 4 rings (SSSR count). The molecule has 1 aliphatic rings. The van der Waals surface area contributed by atoms with Crippen LogP contribution in [-0.4, -0.2) is 71.3 Å². The first-order valence-corrected chi connectivity index (χ1v) is 10.9. The highest BCUT2D eigenvalue weighted by Gasteiger charge is 2.23.